The molecule has 0 aliphatic rings. The lowest BCUT2D eigenvalue weighted by atomic mass is 9.80. The highest BCUT2D eigenvalue weighted by molar-refractivity contribution is 6.31. The van der Waals surface area contributed by atoms with Crippen LogP contribution in [-0.2, 0) is 19.9 Å². The second-order valence-electron chi connectivity index (χ2n) is 8.34. The van der Waals surface area contributed by atoms with Gasteiger partial charge in [-0.05, 0) is 26.8 Å². The van der Waals surface area contributed by atoms with Crippen molar-refractivity contribution in [3.05, 3.63) is 107 Å². The lowest BCUT2D eigenvalue weighted by Gasteiger charge is -2.36. The van der Waals surface area contributed by atoms with E-state index >= 15 is 0 Å². The van der Waals surface area contributed by atoms with Gasteiger partial charge in [0.1, 0.15) is 6.04 Å². The van der Waals surface area contributed by atoms with E-state index in [0.717, 1.165) is 11.1 Å². The topological polar surface area (TPSA) is 61.5 Å². The average molecular weight is 438 g/mol. The van der Waals surface area contributed by atoms with Gasteiger partial charge < -0.3 is 15.2 Å². The first-order valence-electron chi connectivity index (χ1n) is 10.2. The van der Waals surface area contributed by atoms with Gasteiger partial charge in [0.25, 0.3) is 0 Å². The maximum absolute atomic E-state index is 13.2. The molecule has 3 rings (SSSR count). The zero-order valence-corrected chi connectivity index (χ0v) is 18.8. The van der Waals surface area contributed by atoms with E-state index in [2.05, 4.69) is 0 Å². The van der Waals surface area contributed by atoms with Crippen LogP contribution in [0.3, 0.4) is 0 Å². The molecule has 2 N–H and O–H groups in total. The number of rotatable bonds is 7. The number of nitrogens with two attached hydrogens (primary N) is 1. The maximum Gasteiger partial charge on any atom is 0.326 e. The van der Waals surface area contributed by atoms with Crippen molar-refractivity contribution in [1.29, 1.82) is 0 Å². The SMILES string of the molecule is CC(C)(C)OC[C@H](N)C(=O)OC(c1ccccc1)(c1ccccc1)c1ccccc1Cl. The predicted molar refractivity (Wildman–Crippen MR) is 124 cm³/mol. The minimum atomic E-state index is -1.27. The standard InChI is InChI=1S/C26H28ClNO3/c1-25(2,3)30-18-23(28)24(29)31-26(19-12-6-4-7-13-19,20-14-8-5-9-15-20)21-16-10-11-17-22(21)27/h4-17,23H,18,28H2,1-3H3/t23-/m0/s1. The highest BCUT2D eigenvalue weighted by atomic mass is 35.5. The summed E-state index contributed by atoms with van der Waals surface area (Å²) in [6.07, 6.45) is 0. The molecule has 0 saturated carbocycles. The number of ether oxygens (including phenoxy) is 2. The first kappa shape index (κ1) is 23.0. The molecule has 31 heavy (non-hydrogen) atoms. The minimum absolute atomic E-state index is 0.0461. The summed E-state index contributed by atoms with van der Waals surface area (Å²) in [5.74, 6) is -0.572. The summed E-state index contributed by atoms with van der Waals surface area (Å²) in [6, 6.07) is 25.5. The Balaban J connectivity index is 2.14. The molecule has 0 radical (unpaired) electrons. The van der Waals surface area contributed by atoms with Crippen LogP contribution in [0.15, 0.2) is 84.9 Å². The second kappa shape index (κ2) is 9.65. The Hall–Kier alpha value is -2.66. The van der Waals surface area contributed by atoms with E-state index in [1.54, 1.807) is 6.07 Å². The van der Waals surface area contributed by atoms with Crippen molar-refractivity contribution in [1.82, 2.24) is 0 Å². The molecule has 0 spiro atoms. The molecule has 0 unspecified atom stereocenters. The van der Waals surface area contributed by atoms with Gasteiger partial charge in [-0.1, -0.05) is 90.5 Å². The normalized spacial score (nSPS) is 12.9. The van der Waals surface area contributed by atoms with Crippen LogP contribution in [0.4, 0.5) is 0 Å². The van der Waals surface area contributed by atoms with Crippen LogP contribution in [-0.4, -0.2) is 24.2 Å². The summed E-state index contributed by atoms with van der Waals surface area (Å²) in [5.41, 5.74) is 6.68. The molecule has 0 bridgehead atoms. The summed E-state index contributed by atoms with van der Waals surface area (Å²) < 4.78 is 12.0. The fourth-order valence-corrected chi connectivity index (χ4v) is 3.65. The third-order valence-corrected chi connectivity index (χ3v) is 5.20. The summed E-state index contributed by atoms with van der Waals surface area (Å²) in [4.78, 5) is 13.2. The van der Waals surface area contributed by atoms with Crippen LogP contribution in [0.2, 0.25) is 5.02 Å². The molecule has 0 aliphatic heterocycles. The number of hydrogen-bond donors (Lipinski definition) is 1. The zero-order valence-electron chi connectivity index (χ0n) is 18.0. The van der Waals surface area contributed by atoms with Crippen molar-refractivity contribution < 1.29 is 14.3 Å². The molecule has 162 valence electrons. The Labute approximate surface area is 188 Å². The summed E-state index contributed by atoms with van der Waals surface area (Å²) in [7, 11) is 0. The fraction of sp³-hybridized carbons (Fsp3) is 0.269. The van der Waals surface area contributed by atoms with Gasteiger partial charge in [0.2, 0.25) is 0 Å². The fourth-order valence-electron chi connectivity index (χ4n) is 3.38. The predicted octanol–water partition coefficient (Wildman–Crippen LogP) is 5.32. The number of hydrogen-bond acceptors (Lipinski definition) is 4. The molecular formula is C26H28ClNO3. The lowest BCUT2D eigenvalue weighted by Crippen LogP contribution is -2.45. The number of carbonyl (C=O) groups is 1. The van der Waals surface area contributed by atoms with Crippen molar-refractivity contribution in [2.45, 2.75) is 38.0 Å². The van der Waals surface area contributed by atoms with Gasteiger partial charge in [-0.3, -0.25) is 4.79 Å². The number of carbonyl (C=O) groups excluding carboxylic acids is 1. The quantitative estimate of drug-likeness (QED) is 0.401. The van der Waals surface area contributed by atoms with Crippen LogP contribution in [0.1, 0.15) is 37.5 Å². The zero-order chi connectivity index (χ0) is 22.5. The molecule has 3 aromatic carbocycles. The Morgan fingerprint density at radius 2 is 1.35 bits per heavy atom. The van der Waals surface area contributed by atoms with E-state index in [1.165, 1.54) is 0 Å². The highest BCUT2D eigenvalue weighted by Gasteiger charge is 2.43. The average Bonchev–Trinajstić information content (AvgIpc) is 2.77. The minimum Gasteiger partial charge on any atom is -0.443 e. The van der Waals surface area contributed by atoms with Gasteiger partial charge in [-0.2, -0.15) is 0 Å². The Morgan fingerprint density at radius 1 is 0.871 bits per heavy atom. The number of esters is 1. The monoisotopic (exact) mass is 437 g/mol. The van der Waals surface area contributed by atoms with Crippen molar-refractivity contribution in [2.24, 2.45) is 5.73 Å². The summed E-state index contributed by atoms with van der Waals surface area (Å²) in [6.45, 7) is 5.78. The molecule has 0 amide bonds. The van der Waals surface area contributed by atoms with E-state index in [9.17, 15) is 4.79 Å². The molecule has 0 aromatic heterocycles. The van der Waals surface area contributed by atoms with Gasteiger partial charge in [-0.15, -0.1) is 0 Å². The molecule has 1 atom stereocenters. The third kappa shape index (κ3) is 5.34. The molecule has 4 nitrogen and oxygen atoms in total. The smallest absolute Gasteiger partial charge is 0.326 e. The maximum atomic E-state index is 13.2. The van der Waals surface area contributed by atoms with E-state index in [-0.39, 0.29) is 6.61 Å². The molecule has 5 heteroatoms. The van der Waals surface area contributed by atoms with Crippen molar-refractivity contribution in [2.75, 3.05) is 6.61 Å². The Bertz CT molecular complexity index is 960. The number of benzene rings is 3. The van der Waals surface area contributed by atoms with Gasteiger partial charge >= 0.3 is 5.97 Å². The molecule has 0 fully saturated rings. The highest BCUT2D eigenvalue weighted by Crippen LogP contribution is 2.43. The number of halogens is 1. The van der Waals surface area contributed by atoms with Crippen LogP contribution >= 0.6 is 11.6 Å². The van der Waals surface area contributed by atoms with E-state index < -0.39 is 23.2 Å². The van der Waals surface area contributed by atoms with Crippen LogP contribution in [0.25, 0.3) is 0 Å². The van der Waals surface area contributed by atoms with Crippen molar-refractivity contribution in [3.8, 4) is 0 Å². The largest absolute Gasteiger partial charge is 0.443 e. The molecule has 3 aromatic rings. The Kier molecular flexibility index (Phi) is 7.16. The van der Waals surface area contributed by atoms with E-state index in [4.69, 9.17) is 26.8 Å². The van der Waals surface area contributed by atoms with Gasteiger partial charge in [0, 0.05) is 21.7 Å². The lowest BCUT2D eigenvalue weighted by molar-refractivity contribution is -0.158. The van der Waals surface area contributed by atoms with Crippen LogP contribution in [0.5, 0.6) is 0 Å². The first-order valence-corrected chi connectivity index (χ1v) is 10.6. The molecule has 0 heterocycles. The second-order valence-corrected chi connectivity index (χ2v) is 8.75. The Morgan fingerprint density at radius 3 is 1.84 bits per heavy atom. The van der Waals surface area contributed by atoms with E-state index in [0.29, 0.717) is 10.6 Å². The van der Waals surface area contributed by atoms with Crippen molar-refractivity contribution in [3.63, 3.8) is 0 Å². The summed E-state index contributed by atoms with van der Waals surface area (Å²) >= 11 is 6.65. The van der Waals surface area contributed by atoms with Gasteiger partial charge in [-0.25, -0.2) is 0 Å². The van der Waals surface area contributed by atoms with Gasteiger partial charge in [0.15, 0.2) is 5.60 Å². The summed E-state index contributed by atoms with van der Waals surface area (Å²) in [5, 5.41) is 0.488. The first-order chi connectivity index (χ1) is 14.7. The van der Waals surface area contributed by atoms with Crippen LogP contribution in [0, 0.1) is 0 Å². The molecule has 0 saturated heterocycles. The molecule has 0 aliphatic carbocycles. The van der Waals surface area contributed by atoms with Crippen LogP contribution < -0.4 is 5.73 Å². The third-order valence-electron chi connectivity index (χ3n) is 4.87. The van der Waals surface area contributed by atoms with E-state index in [1.807, 2.05) is 99.6 Å². The molecular weight excluding hydrogens is 410 g/mol. The van der Waals surface area contributed by atoms with Gasteiger partial charge in [0.05, 0.1) is 12.2 Å². The van der Waals surface area contributed by atoms with Crippen molar-refractivity contribution >= 4 is 17.6 Å².